The molecule has 25 heavy (non-hydrogen) atoms. The molecule has 2 aliphatic heterocycles. The van der Waals surface area contributed by atoms with Gasteiger partial charge in [0.25, 0.3) is 0 Å². The number of carbonyl (C=O) groups is 1. The number of rotatable bonds is 6. The second kappa shape index (κ2) is 8.79. The van der Waals surface area contributed by atoms with E-state index >= 15 is 0 Å². The molecule has 1 aromatic rings. The molecule has 5 nitrogen and oxygen atoms in total. The molecular weight excluding hydrogens is 314 g/mol. The summed E-state index contributed by atoms with van der Waals surface area (Å²) in [5.41, 5.74) is 1.28. The number of nitrogens with one attached hydrogen (secondary N) is 2. The van der Waals surface area contributed by atoms with Gasteiger partial charge in [0.15, 0.2) is 0 Å². The van der Waals surface area contributed by atoms with Gasteiger partial charge in [0.2, 0.25) is 5.91 Å². The lowest BCUT2D eigenvalue weighted by molar-refractivity contribution is -0.123. The second-order valence-corrected chi connectivity index (χ2v) is 7.44. The van der Waals surface area contributed by atoms with Crippen molar-refractivity contribution in [3.8, 4) is 0 Å². The minimum absolute atomic E-state index is 0.0888. The maximum atomic E-state index is 12.5. The van der Waals surface area contributed by atoms with E-state index in [0.29, 0.717) is 6.54 Å². The van der Waals surface area contributed by atoms with Crippen LogP contribution in [0.4, 0.5) is 0 Å². The molecule has 0 bridgehead atoms. The van der Waals surface area contributed by atoms with Gasteiger partial charge in [-0.2, -0.15) is 0 Å². The van der Waals surface area contributed by atoms with Gasteiger partial charge >= 0.3 is 0 Å². The summed E-state index contributed by atoms with van der Waals surface area (Å²) < 4.78 is 5.34. The van der Waals surface area contributed by atoms with Gasteiger partial charge in [-0.05, 0) is 43.8 Å². The second-order valence-electron chi connectivity index (χ2n) is 7.44. The van der Waals surface area contributed by atoms with Crippen molar-refractivity contribution in [3.05, 3.63) is 35.9 Å². The highest BCUT2D eigenvalue weighted by atomic mass is 16.5. The van der Waals surface area contributed by atoms with Crippen molar-refractivity contribution in [2.24, 2.45) is 5.92 Å². The average molecular weight is 345 g/mol. The van der Waals surface area contributed by atoms with Crippen LogP contribution < -0.4 is 10.6 Å². The number of methoxy groups -OCH3 is 1. The van der Waals surface area contributed by atoms with Crippen LogP contribution >= 0.6 is 0 Å². The third kappa shape index (κ3) is 4.81. The van der Waals surface area contributed by atoms with Crippen molar-refractivity contribution in [1.82, 2.24) is 15.5 Å². The van der Waals surface area contributed by atoms with Crippen LogP contribution in [0.2, 0.25) is 0 Å². The molecule has 0 aromatic heterocycles. The van der Waals surface area contributed by atoms with Gasteiger partial charge in [-0.1, -0.05) is 37.3 Å². The summed E-state index contributed by atoms with van der Waals surface area (Å²) >= 11 is 0. The predicted octanol–water partition coefficient (Wildman–Crippen LogP) is 1.95. The summed E-state index contributed by atoms with van der Waals surface area (Å²) in [4.78, 5) is 15.1. The molecule has 0 saturated carbocycles. The molecule has 138 valence electrons. The summed E-state index contributed by atoms with van der Waals surface area (Å²) in [5.74, 6) is 0.891. The molecule has 2 N–H and O–H groups in total. The zero-order valence-corrected chi connectivity index (χ0v) is 15.4. The van der Waals surface area contributed by atoms with Crippen LogP contribution in [0.15, 0.2) is 30.3 Å². The van der Waals surface area contributed by atoms with Crippen LogP contribution in [0.1, 0.15) is 37.8 Å². The normalized spacial score (nSPS) is 26.5. The Morgan fingerprint density at radius 1 is 1.32 bits per heavy atom. The number of hydrogen-bond acceptors (Lipinski definition) is 4. The molecule has 2 fully saturated rings. The number of amides is 1. The van der Waals surface area contributed by atoms with Gasteiger partial charge in [0.1, 0.15) is 0 Å². The Morgan fingerprint density at radius 3 is 2.68 bits per heavy atom. The van der Waals surface area contributed by atoms with Crippen LogP contribution in [0.5, 0.6) is 0 Å². The summed E-state index contributed by atoms with van der Waals surface area (Å²) in [7, 11) is 1.70. The molecule has 2 saturated heterocycles. The van der Waals surface area contributed by atoms with Crippen LogP contribution in [-0.2, 0) is 9.53 Å². The first-order valence-electron chi connectivity index (χ1n) is 9.50. The molecule has 1 amide bonds. The molecule has 2 heterocycles. The summed E-state index contributed by atoms with van der Waals surface area (Å²) in [6.45, 7) is 5.94. The highest BCUT2D eigenvalue weighted by molar-refractivity contribution is 5.82. The molecule has 5 heteroatoms. The average Bonchev–Trinajstić information content (AvgIpc) is 3.13. The Morgan fingerprint density at radius 2 is 2.04 bits per heavy atom. The van der Waals surface area contributed by atoms with Crippen molar-refractivity contribution >= 4 is 5.91 Å². The Hall–Kier alpha value is -1.43. The topological polar surface area (TPSA) is 53.6 Å². The van der Waals surface area contributed by atoms with Crippen LogP contribution in [-0.4, -0.2) is 56.2 Å². The number of benzene rings is 1. The SMILES string of the molecule is CO[C@@H]1CN[C@@H](C(=O)NC[C@@H](c2ccccc2)N2CCC(C)CC2)C1. The first-order valence-corrected chi connectivity index (χ1v) is 9.50. The number of ether oxygens (including phenoxy) is 1. The van der Waals surface area contributed by atoms with Crippen LogP contribution in [0.3, 0.4) is 0 Å². The molecule has 0 spiro atoms. The lowest BCUT2D eigenvalue weighted by Gasteiger charge is -2.37. The van der Waals surface area contributed by atoms with E-state index in [1.54, 1.807) is 7.11 Å². The van der Waals surface area contributed by atoms with Crippen LogP contribution in [0.25, 0.3) is 0 Å². The molecule has 2 aliphatic rings. The first-order chi connectivity index (χ1) is 12.2. The number of carbonyl (C=O) groups excluding carboxylic acids is 1. The number of likely N-dealkylation sites (tertiary alicyclic amines) is 1. The van der Waals surface area contributed by atoms with E-state index in [1.807, 2.05) is 6.07 Å². The number of nitrogens with zero attached hydrogens (tertiary/aromatic N) is 1. The Kier molecular flexibility index (Phi) is 6.45. The minimum Gasteiger partial charge on any atom is -0.380 e. The summed E-state index contributed by atoms with van der Waals surface area (Å²) in [6.07, 6.45) is 3.36. The van der Waals surface area contributed by atoms with E-state index in [2.05, 4.69) is 46.7 Å². The fourth-order valence-electron chi connectivity index (χ4n) is 3.88. The zero-order valence-electron chi connectivity index (χ0n) is 15.4. The maximum absolute atomic E-state index is 12.5. The maximum Gasteiger partial charge on any atom is 0.237 e. The van der Waals surface area contributed by atoms with Crippen molar-refractivity contribution in [2.45, 2.75) is 44.4 Å². The van der Waals surface area contributed by atoms with Gasteiger partial charge in [-0.15, -0.1) is 0 Å². The minimum atomic E-state index is -0.136. The molecule has 0 unspecified atom stereocenters. The van der Waals surface area contributed by atoms with E-state index in [-0.39, 0.29) is 24.1 Å². The highest BCUT2D eigenvalue weighted by Gasteiger charge is 2.30. The predicted molar refractivity (Wildman–Crippen MR) is 99.4 cm³/mol. The quantitative estimate of drug-likeness (QED) is 0.827. The van der Waals surface area contributed by atoms with Gasteiger partial charge in [0.05, 0.1) is 18.2 Å². The van der Waals surface area contributed by atoms with E-state index in [4.69, 9.17) is 4.74 Å². The summed E-state index contributed by atoms with van der Waals surface area (Å²) in [5, 5.41) is 6.43. The Labute approximate surface area is 151 Å². The van der Waals surface area contributed by atoms with Crippen molar-refractivity contribution in [2.75, 3.05) is 33.3 Å². The van der Waals surface area contributed by atoms with Gasteiger partial charge in [-0.3, -0.25) is 9.69 Å². The van der Waals surface area contributed by atoms with E-state index < -0.39 is 0 Å². The summed E-state index contributed by atoms with van der Waals surface area (Å²) in [6, 6.07) is 10.7. The lowest BCUT2D eigenvalue weighted by Crippen LogP contribution is -2.46. The number of hydrogen-bond donors (Lipinski definition) is 2. The van der Waals surface area contributed by atoms with Crippen molar-refractivity contribution in [3.63, 3.8) is 0 Å². The third-order valence-electron chi connectivity index (χ3n) is 5.65. The fraction of sp³-hybridized carbons (Fsp3) is 0.650. The molecule has 0 radical (unpaired) electrons. The van der Waals surface area contributed by atoms with E-state index in [1.165, 1.54) is 18.4 Å². The Balaban J connectivity index is 1.61. The molecule has 3 rings (SSSR count). The zero-order chi connectivity index (χ0) is 17.6. The molecule has 0 aliphatic carbocycles. The monoisotopic (exact) mass is 345 g/mol. The third-order valence-corrected chi connectivity index (χ3v) is 5.65. The first kappa shape index (κ1) is 18.4. The molecular formula is C20H31N3O2. The lowest BCUT2D eigenvalue weighted by atomic mass is 9.95. The molecule has 1 aromatic carbocycles. The van der Waals surface area contributed by atoms with E-state index in [9.17, 15) is 4.79 Å². The Bertz CT molecular complexity index is 543. The van der Waals surface area contributed by atoms with Gasteiger partial charge in [-0.25, -0.2) is 0 Å². The van der Waals surface area contributed by atoms with Gasteiger partial charge in [0, 0.05) is 20.2 Å². The van der Waals surface area contributed by atoms with Crippen LogP contribution in [0, 0.1) is 5.92 Å². The smallest absolute Gasteiger partial charge is 0.237 e. The number of piperidine rings is 1. The molecule has 3 atom stereocenters. The fourth-order valence-corrected chi connectivity index (χ4v) is 3.88. The largest absolute Gasteiger partial charge is 0.380 e. The van der Waals surface area contributed by atoms with Crippen molar-refractivity contribution < 1.29 is 9.53 Å². The van der Waals surface area contributed by atoms with Gasteiger partial charge < -0.3 is 15.4 Å². The van der Waals surface area contributed by atoms with E-state index in [0.717, 1.165) is 32.0 Å². The standard InChI is InChI=1S/C20H31N3O2/c1-15-8-10-23(11-9-15)19(16-6-4-3-5-7-16)14-22-20(24)18-12-17(25-2)13-21-18/h3-7,15,17-19,21H,8-14H2,1-2H3,(H,22,24)/t17-,18+,19-/m0/s1. The highest BCUT2D eigenvalue weighted by Crippen LogP contribution is 2.26. The van der Waals surface area contributed by atoms with Crippen molar-refractivity contribution in [1.29, 1.82) is 0 Å².